The zero-order valence-electron chi connectivity index (χ0n) is 22.0. The van der Waals surface area contributed by atoms with Crippen LogP contribution >= 0.6 is 0 Å². The third-order valence-electron chi connectivity index (χ3n) is 6.37. The average Bonchev–Trinajstić information content (AvgIpc) is 2.96. The Kier molecular flexibility index (Phi) is 8.93. The van der Waals surface area contributed by atoms with Gasteiger partial charge in [0.1, 0.15) is 23.0 Å². The van der Waals surface area contributed by atoms with Gasteiger partial charge >= 0.3 is 0 Å². The van der Waals surface area contributed by atoms with Crippen LogP contribution in [0.1, 0.15) is 22.3 Å². The van der Waals surface area contributed by atoms with Crippen LogP contribution in [0.5, 0.6) is 34.5 Å². The Labute approximate surface area is 219 Å². The van der Waals surface area contributed by atoms with Crippen LogP contribution in [0.15, 0.2) is 84.9 Å². The monoisotopic (exact) mass is 498 g/mol. The van der Waals surface area contributed by atoms with Crippen molar-refractivity contribution in [3.05, 3.63) is 107 Å². The van der Waals surface area contributed by atoms with E-state index in [2.05, 4.69) is 36.4 Å². The smallest absolute Gasteiger partial charge is 0.169 e. The first-order valence-corrected chi connectivity index (χ1v) is 12.4. The third-order valence-corrected chi connectivity index (χ3v) is 6.37. The second-order valence-corrected chi connectivity index (χ2v) is 8.76. The molecule has 0 aliphatic rings. The van der Waals surface area contributed by atoms with Crippen LogP contribution in [0, 0.1) is 0 Å². The van der Waals surface area contributed by atoms with Gasteiger partial charge in [0.15, 0.2) is 11.5 Å². The summed E-state index contributed by atoms with van der Waals surface area (Å²) in [5.74, 6) is 4.57. The van der Waals surface area contributed by atoms with Crippen molar-refractivity contribution in [3.63, 3.8) is 0 Å². The van der Waals surface area contributed by atoms with Gasteiger partial charge < -0.3 is 23.7 Å². The number of aryl methyl sites for hydroxylation is 4. The fourth-order valence-corrected chi connectivity index (χ4v) is 4.28. The van der Waals surface area contributed by atoms with Crippen LogP contribution in [-0.2, 0) is 25.7 Å². The lowest BCUT2D eigenvalue weighted by molar-refractivity contribution is 0.366. The highest BCUT2D eigenvalue weighted by Crippen LogP contribution is 2.38. The van der Waals surface area contributed by atoms with Gasteiger partial charge in [-0.05, 0) is 90.4 Å². The van der Waals surface area contributed by atoms with Gasteiger partial charge in [-0.25, -0.2) is 0 Å². The molecule has 0 aromatic heterocycles. The Morgan fingerprint density at radius 3 is 1.57 bits per heavy atom. The summed E-state index contributed by atoms with van der Waals surface area (Å²) >= 11 is 0. The zero-order valence-corrected chi connectivity index (χ0v) is 22.0. The van der Waals surface area contributed by atoms with Crippen LogP contribution in [0.3, 0.4) is 0 Å². The molecule has 0 spiro atoms. The maximum atomic E-state index is 6.26. The quantitative estimate of drug-likeness (QED) is 0.209. The van der Waals surface area contributed by atoms with Crippen molar-refractivity contribution in [2.24, 2.45) is 0 Å². The number of benzene rings is 4. The molecule has 0 aliphatic heterocycles. The molecule has 0 atom stereocenters. The van der Waals surface area contributed by atoms with Crippen molar-refractivity contribution in [2.75, 3.05) is 28.4 Å². The summed E-state index contributed by atoms with van der Waals surface area (Å²) in [4.78, 5) is 0. The summed E-state index contributed by atoms with van der Waals surface area (Å²) in [7, 11) is 6.69. The molecule has 0 N–H and O–H groups in total. The maximum Gasteiger partial charge on any atom is 0.169 e. The molecule has 4 aromatic rings. The van der Waals surface area contributed by atoms with Crippen molar-refractivity contribution in [1.82, 2.24) is 0 Å². The van der Waals surface area contributed by atoms with Gasteiger partial charge in [-0.15, -0.1) is 0 Å². The van der Waals surface area contributed by atoms with Gasteiger partial charge in [-0.2, -0.15) is 0 Å². The Bertz CT molecular complexity index is 1300. The lowest BCUT2D eigenvalue weighted by atomic mass is 10.0. The zero-order chi connectivity index (χ0) is 26.0. The van der Waals surface area contributed by atoms with Gasteiger partial charge in [0.25, 0.3) is 0 Å². The van der Waals surface area contributed by atoms with Gasteiger partial charge in [-0.3, -0.25) is 0 Å². The van der Waals surface area contributed by atoms with Crippen molar-refractivity contribution < 1.29 is 23.7 Å². The van der Waals surface area contributed by atoms with E-state index in [-0.39, 0.29) is 0 Å². The standard InChI is InChI=1S/C32H34O5/c1-33-28-9-5-7-24(19-28)12-11-23-14-17-27(18-15-23)37-32-21-26(30(35-3)22-31(32)36-4)16-13-25-8-6-10-29(20-25)34-2/h5-10,14-15,17-22H,11-13,16H2,1-4H3. The highest BCUT2D eigenvalue weighted by atomic mass is 16.5. The molecule has 0 unspecified atom stereocenters. The van der Waals surface area contributed by atoms with Gasteiger partial charge in [-0.1, -0.05) is 36.4 Å². The van der Waals surface area contributed by atoms with E-state index in [1.807, 2.05) is 48.5 Å². The maximum absolute atomic E-state index is 6.26. The molecule has 192 valence electrons. The summed E-state index contributed by atoms with van der Waals surface area (Å²) in [5, 5.41) is 0. The predicted octanol–water partition coefficient (Wildman–Crippen LogP) is 7.08. The van der Waals surface area contributed by atoms with Gasteiger partial charge in [0.05, 0.1) is 28.4 Å². The van der Waals surface area contributed by atoms with Crippen molar-refractivity contribution in [2.45, 2.75) is 25.7 Å². The van der Waals surface area contributed by atoms with Crippen LogP contribution in [0.2, 0.25) is 0 Å². The molecule has 4 aromatic carbocycles. The molecule has 5 heteroatoms. The molecule has 37 heavy (non-hydrogen) atoms. The highest BCUT2D eigenvalue weighted by Gasteiger charge is 2.14. The molecule has 5 nitrogen and oxygen atoms in total. The largest absolute Gasteiger partial charge is 0.497 e. The van der Waals surface area contributed by atoms with E-state index in [0.29, 0.717) is 11.5 Å². The Morgan fingerprint density at radius 1 is 0.432 bits per heavy atom. The fourth-order valence-electron chi connectivity index (χ4n) is 4.28. The van der Waals surface area contributed by atoms with E-state index in [0.717, 1.165) is 54.2 Å². The van der Waals surface area contributed by atoms with E-state index in [9.17, 15) is 0 Å². The normalized spacial score (nSPS) is 10.6. The van der Waals surface area contributed by atoms with Crippen LogP contribution in [-0.4, -0.2) is 28.4 Å². The molecule has 0 saturated carbocycles. The summed E-state index contributed by atoms with van der Waals surface area (Å²) in [6, 6.07) is 28.4. The van der Waals surface area contributed by atoms with E-state index in [1.165, 1.54) is 16.7 Å². The lowest BCUT2D eigenvalue weighted by Gasteiger charge is -2.16. The molecule has 0 fully saturated rings. The Hall–Kier alpha value is -4.12. The molecular weight excluding hydrogens is 464 g/mol. The minimum absolute atomic E-state index is 0.629. The van der Waals surface area contributed by atoms with Crippen LogP contribution in [0.4, 0.5) is 0 Å². The molecule has 0 heterocycles. The minimum Gasteiger partial charge on any atom is -0.497 e. The number of hydrogen-bond acceptors (Lipinski definition) is 5. The van der Waals surface area contributed by atoms with Crippen molar-refractivity contribution >= 4 is 0 Å². The van der Waals surface area contributed by atoms with Gasteiger partial charge in [0.2, 0.25) is 0 Å². The molecule has 0 saturated heterocycles. The molecule has 0 bridgehead atoms. The number of ether oxygens (including phenoxy) is 5. The van der Waals surface area contributed by atoms with Crippen molar-refractivity contribution in [3.8, 4) is 34.5 Å². The third kappa shape index (κ3) is 6.98. The van der Waals surface area contributed by atoms with E-state index < -0.39 is 0 Å². The van der Waals surface area contributed by atoms with Crippen LogP contribution in [0.25, 0.3) is 0 Å². The SMILES string of the molecule is COc1cccc(CCc2ccc(Oc3cc(CCc4cccc(OC)c4)c(OC)cc3OC)cc2)c1. The Morgan fingerprint density at radius 2 is 1.00 bits per heavy atom. The number of rotatable bonds is 12. The first-order chi connectivity index (χ1) is 18.1. The van der Waals surface area contributed by atoms with Crippen molar-refractivity contribution in [1.29, 1.82) is 0 Å². The average molecular weight is 499 g/mol. The van der Waals surface area contributed by atoms with E-state index in [4.69, 9.17) is 23.7 Å². The first-order valence-electron chi connectivity index (χ1n) is 12.4. The molecule has 0 aliphatic carbocycles. The summed E-state index contributed by atoms with van der Waals surface area (Å²) in [6.07, 6.45) is 3.52. The topological polar surface area (TPSA) is 46.2 Å². The van der Waals surface area contributed by atoms with E-state index >= 15 is 0 Å². The first kappa shape index (κ1) is 26.0. The fraction of sp³-hybridized carbons (Fsp3) is 0.250. The summed E-state index contributed by atoms with van der Waals surface area (Å²) in [5.41, 5.74) is 4.75. The molecular formula is C32H34O5. The van der Waals surface area contributed by atoms with E-state index in [1.54, 1.807) is 28.4 Å². The number of hydrogen-bond donors (Lipinski definition) is 0. The lowest BCUT2D eigenvalue weighted by Crippen LogP contribution is -1.99. The minimum atomic E-state index is 0.629. The van der Waals surface area contributed by atoms with Crippen LogP contribution < -0.4 is 23.7 Å². The highest BCUT2D eigenvalue weighted by molar-refractivity contribution is 5.52. The Balaban J connectivity index is 1.45. The summed E-state index contributed by atoms with van der Waals surface area (Å²) in [6.45, 7) is 0. The second kappa shape index (κ2) is 12.7. The molecule has 0 radical (unpaired) electrons. The molecule has 4 rings (SSSR count). The van der Waals surface area contributed by atoms with Gasteiger partial charge in [0, 0.05) is 6.07 Å². The summed E-state index contributed by atoms with van der Waals surface area (Å²) < 4.78 is 28.2. The second-order valence-electron chi connectivity index (χ2n) is 8.76. The predicted molar refractivity (Wildman–Crippen MR) is 147 cm³/mol. The molecule has 0 amide bonds. The number of methoxy groups -OCH3 is 4.